The van der Waals surface area contributed by atoms with Gasteiger partial charge in [0.25, 0.3) is 0 Å². The van der Waals surface area contributed by atoms with Crippen molar-refractivity contribution >= 4 is 0 Å². The molecule has 1 aliphatic heterocycles. The Balaban J connectivity index is 2.33. The first-order valence-electron chi connectivity index (χ1n) is 9.63. The summed E-state index contributed by atoms with van der Waals surface area (Å²) >= 11 is 0. The van der Waals surface area contributed by atoms with Gasteiger partial charge in [-0.25, -0.2) is 0 Å². The summed E-state index contributed by atoms with van der Waals surface area (Å²) in [6.07, 6.45) is 4.60. The summed E-state index contributed by atoms with van der Waals surface area (Å²) in [6, 6.07) is 0. The number of hydrogen-bond donors (Lipinski definition) is 4. The Labute approximate surface area is 162 Å². The highest BCUT2D eigenvalue weighted by atomic mass is 16.7. The van der Waals surface area contributed by atoms with Gasteiger partial charge in [0, 0.05) is 0 Å². The minimum atomic E-state index is -1.29. The Kier molecular flexibility index (Phi) is 11.1. The molecule has 1 aliphatic rings. The van der Waals surface area contributed by atoms with Gasteiger partial charge in [-0.2, -0.15) is 0 Å². The molecule has 0 aromatic rings. The average Bonchev–Trinajstić information content (AvgIpc) is 2.89. The Bertz CT molecular complexity index is 521. The van der Waals surface area contributed by atoms with Crippen LogP contribution >= 0.6 is 0 Å². The van der Waals surface area contributed by atoms with Gasteiger partial charge in [-0.05, 0) is 53.4 Å². The molecule has 156 valence electrons. The van der Waals surface area contributed by atoms with Crippen LogP contribution in [0.15, 0.2) is 34.9 Å². The van der Waals surface area contributed by atoms with E-state index >= 15 is 0 Å². The first-order chi connectivity index (χ1) is 12.8. The zero-order chi connectivity index (χ0) is 20.4. The minimum absolute atomic E-state index is 0.242. The molecule has 0 aromatic heterocycles. The summed E-state index contributed by atoms with van der Waals surface area (Å²) < 4.78 is 10.8. The van der Waals surface area contributed by atoms with E-state index in [0.29, 0.717) is 0 Å². The SMILES string of the molecule is CC(C)=CCC/C(C)=C/CC/C(C)=C/COC1OC(C(O)CO)C(O)C1O. The van der Waals surface area contributed by atoms with Crippen LogP contribution in [0.1, 0.15) is 53.4 Å². The molecule has 27 heavy (non-hydrogen) atoms. The van der Waals surface area contributed by atoms with E-state index in [4.69, 9.17) is 14.6 Å². The van der Waals surface area contributed by atoms with E-state index in [1.165, 1.54) is 16.7 Å². The molecule has 6 heteroatoms. The van der Waals surface area contributed by atoms with Crippen molar-refractivity contribution in [2.24, 2.45) is 0 Å². The molecule has 4 N–H and O–H groups in total. The molecule has 1 heterocycles. The van der Waals surface area contributed by atoms with Crippen molar-refractivity contribution < 1.29 is 29.9 Å². The van der Waals surface area contributed by atoms with Crippen molar-refractivity contribution in [3.63, 3.8) is 0 Å². The van der Waals surface area contributed by atoms with Crippen LogP contribution in [0.4, 0.5) is 0 Å². The van der Waals surface area contributed by atoms with E-state index in [-0.39, 0.29) is 6.61 Å². The number of allylic oxidation sites excluding steroid dienone is 5. The second kappa shape index (κ2) is 12.4. The summed E-state index contributed by atoms with van der Waals surface area (Å²) in [4.78, 5) is 0. The Morgan fingerprint density at radius 2 is 1.56 bits per heavy atom. The minimum Gasteiger partial charge on any atom is -0.394 e. The molecular weight excluding hydrogens is 348 g/mol. The lowest BCUT2D eigenvalue weighted by atomic mass is 10.1. The maximum Gasteiger partial charge on any atom is 0.187 e. The fraction of sp³-hybridized carbons (Fsp3) is 0.714. The van der Waals surface area contributed by atoms with Crippen LogP contribution in [-0.2, 0) is 9.47 Å². The molecule has 6 nitrogen and oxygen atoms in total. The smallest absolute Gasteiger partial charge is 0.187 e. The van der Waals surface area contributed by atoms with Gasteiger partial charge in [0.15, 0.2) is 6.29 Å². The predicted molar refractivity (Wildman–Crippen MR) is 105 cm³/mol. The molecule has 0 bridgehead atoms. The number of hydrogen-bond acceptors (Lipinski definition) is 6. The summed E-state index contributed by atoms with van der Waals surface area (Å²) in [5, 5.41) is 38.3. The number of ether oxygens (including phenoxy) is 2. The van der Waals surface area contributed by atoms with Crippen LogP contribution in [0.5, 0.6) is 0 Å². The standard InChI is InChI=1S/C21H36O6/c1-14(2)7-5-8-15(3)9-6-10-16(4)11-12-26-21-19(25)18(24)20(27-21)17(23)13-22/h7,9,11,17-25H,5-6,8,10,12-13H2,1-4H3/b15-9+,16-11+. The summed E-state index contributed by atoms with van der Waals surface area (Å²) in [5.74, 6) is 0. The zero-order valence-corrected chi connectivity index (χ0v) is 17.0. The van der Waals surface area contributed by atoms with E-state index in [0.717, 1.165) is 25.7 Å². The van der Waals surface area contributed by atoms with Crippen molar-refractivity contribution in [3.05, 3.63) is 34.9 Å². The number of aliphatic hydroxyl groups excluding tert-OH is 4. The maximum atomic E-state index is 9.92. The van der Waals surface area contributed by atoms with E-state index < -0.39 is 37.3 Å². The summed E-state index contributed by atoms with van der Waals surface area (Å²) in [6.45, 7) is 8.09. The maximum absolute atomic E-state index is 9.92. The van der Waals surface area contributed by atoms with Crippen molar-refractivity contribution in [3.8, 4) is 0 Å². The molecule has 5 atom stereocenters. The van der Waals surface area contributed by atoms with E-state index in [1.807, 2.05) is 13.0 Å². The third kappa shape index (κ3) is 8.68. The average molecular weight is 385 g/mol. The van der Waals surface area contributed by atoms with E-state index in [1.54, 1.807) is 0 Å². The molecule has 0 amide bonds. The van der Waals surface area contributed by atoms with Crippen LogP contribution in [0.3, 0.4) is 0 Å². The molecular formula is C21H36O6. The van der Waals surface area contributed by atoms with Crippen molar-refractivity contribution in [1.82, 2.24) is 0 Å². The highest BCUT2D eigenvalue weighted by Gasteiger charge is 2.46. The van der Waals surface area contributed by atoms with Gasteiger partial charge >= 0.3 is 0 Å². The number of rotatable bonds is 11. The second-order valence-corrected chi connectivity index (χ2v) is 7.49. The van der Waals surface area contributed by atoms with Gasteiger partial charge in [0.2, 0.25) is 0 Å². The molecule has 1 saturated heterocycles. The Morgan fingerprint density at radius 3 is 2.15 bits per heavy atom. The molecule has 0 aliphatic carbocycles. The lowest BCUT2D eigenvalue weighted by molar-refractivity contribution is -0.175. The molecule has 0 aromatic carbocycles. The van der Waals surface area contributed by atoms with Gasteiger partial charge < -0.3 is 29.9 Å². The quantitative estimate of drug-likeness (QED) is 0.408. The third-order valence-electron chi connectivity index (χ3n) is 4.64. The van der Waals surface area contributed by atoms with Crippen molar-refractivity contribution in [2.45, 2.75) is 84.1 Å². The van der Waals surface area contributed by atoms with Gasteiger partial charge in [-0.3, -0.25) is 0 Å². The molecule has 1 rings (SSSR count). The van der Waals surface area contributed by atoms with Crippen molar-refractivity contribution in [2.75, 3.05) is 13.2 Å². The van der Waals surface area contributed by atoms with Crippen LogP contribution in [0.25, 0.3) is 0 Å². The van der Waals surface area contributed by atoms with Gasteiger partial charge in [0.05, 0.1) is 13.2 Å². The fourth-order valence-electron chi connectivity index (χ4n) is 2.86. The first kappa shape index (κ1) is 24.0. The fourth-order valence-corrected chi connectivity index (χ4v) is 2.86. The topological polar surface area (TPSA) is 99.4 Å². The monoisotopic (exact) mass is 384 g/mol. The van der Waals surface area contributed by atoms with Gasteiger partial charge in [-0.1, -0.05) is 34.9 Å². The van der Waals surface area contributed by atoms with Gasteiger partial charge in [0.1, 0.15) is 24.4 Å². The van der Waals surface area contributed by atoms with Crippen molar-refractivity contribution in [1.29, 1.82) is 0 Å². The third-order valence-corrected chi connectivity index (χ3v) is 4.64. The lowest BCUT2D eigenvalue weighted by Crippen LogP contribution is -2.40. The van der Waals surface area contributed by atoms with E-state index in [2.05, 4.69) is 32.9 Å². The van der Waals surface area contributed by atoms with Crippen LogP contribution in [0.2, 0.25) is 0 Å². The predicted octanol–water partition coefficient (Wildman–Crippen LogP) is 2.22. The Hall–Kier alpha value is -1.02. The number of aliphatic hydroxyl groups is 4. The molecule has 0 radical (unpaired) electrons. The molecule has 0 saturated carbocycles. The molecule has 1 fully saturated rings. The highest BCUT2D eigenvalue weighted by molar-refractivity contribution is 5.05. The van der Waals surface area contributed by atoms with Gasteiger partial charge in [-0.15, -0.1) is 0 Å². The lowest BCUT2D eigenvalue weighted by Gasteiger charge is -2.18. The van der Waals surface area contributed by atoms with Crippen LogP contribution in [-0.4, -0.2) is 64.3 Å². The Morgan fingerprint density at radius 1 is 0.963 bits per heavy atom. The molecule has 5 unspecified atom stereocenters. The van der Waals surface area contributed by atoms with E-state index in [9.17, 15) is 15.3 Å². The highest BCUT2D eigenvalue weighted by Crippen LogP contribution is 2.24. The zero-order valence-electron chi connectivity index (χ0n) is 17.0. The normalized spacial score (nSPS) is 27.7. The second-order valence-electron chi connectivity index (χ2n) is 7.49. The molecule has 0 spiro atoms. The summed E-state index contributed by atoms with van der Waals surface area (Å²) in [5.41, 5.74) is 3.91. The first-order valence-corrected chi connectivity index (χ1v) is 9.63. The van der Waals surface area contributed by atoms with Crippen LogP contribution < -0.4 is 0 Å². The summed E-state index contributed by atoms with van der Waals surface area (Å²) in [7, 11) is 0. The van der Waals surface area contributed by atoms with Crippen LogP contribution in [0, 0.1) is 0 Å². The largest absolute Gasteiger partial charge is 0.394 e.